The van der Waals surface area contributed by atoms with E-state index < -0.39 is 6.03 Å². The SMILES string of the molecule is Cc1cc(-c2ncnn3cc(-c4ccc(CN5CCC(c6ccc(NN7CCC(=O)NC7=O)cc6)CC5)cc4)cc23)ccc1CNC(=O)c1noc(C(C)(C)C)n1. The molecule has 57 heavy (non-hydrogen) atoms. The first-order valence-corrected chi connectivity index (χ1v) is 19.3. The number of hydrazine groups is 1. The van der Waals surface area contributed by atoms with Gasteiger partial charge in [0.15, 0.2) is 0 Å². The number of aromatic nitrogens is 5. The maximum atomic E-state index is 12.7. The molecule has 6 aromatic rings. The third-order valence-electron chi connectivity index (χ3n) is 10.7. The van der Waals surface area contributed by atoms with Gasteiger partial charge in [-0.05, 0) is 90.9 Å². The zero-order chi connectivity index (χ0) is 39.7. The van der Waals surface area contributed by atoms with Crippen molar-refractivity contribution < 1.29 is 18.9 Å². The van der Waals surface area contributed by atoms with Crippen molar-refractivity contribution >= 4 is 29.0 Å². The van der Waals surface area contributed by atoms with E-state index in [2.05, 4.69) is 89.7 Å². The summed E-state index contributed by atoms with van der Waals surface area (Å²) in [4.78, 5) is 47.6. The Bertz CT molecular complexity index is 2420. The van der Waals surface area contributed by atoms with Crippen LogP contribution < -0.4 is 16.1 Å². The molecule has 0 atom stereocenters. The Morgan fingerprint density at radius 3 is 2.39 bits per heavy atom. The lowest BCUT2D eigenvalue weighted by Crippen LogP contribution is -2.51. The summed E-state index contributed by atoms with van der Waals surface area (Å²) in [5.41, 5.74) is 13.0. The molecular formula is C43H46N10O4. The molecule has 0 bridgehead atoms. The molecule has 2 saturated heterocycles. The average molecular weight is 767 g/mol. The molecule has 8 rings (SSSR count). The van der Waals surface area contributed by atoms with Crippen LogP contribution in [-0.2, 0) is 23.3 Å². The summed E-state index contributed by atoms with van der Waals surface area (Å²) < 4.78 is 7.14. The summed E-state index contributed by atoms with van der Waals surface area (Å²) in [7, 11) is 0. The standard InChI is InChI=1S/C43H46N10O4/c1-27-21-32(9-10-33(27)23-44-40(55)39-48-41(57-50-39)43(2,3)4)38-36-22-34(25-53(36)46-26-45-38)30-7-5-28(6-8-30)24-51-18-15-31(16-19-51)29-11-13-35(14-12-29)49-52-20-17-37(54)47-42(52)56/h5-14,21-22,25-26,31,49H,15-20,23-24H2,1-4H3,(H,44,55)(H,47,54,56). The van der Waals surface area contributed by atoms with Gasteiger partial charge in [-0.2, -0.15) is 10.1 Å². The Balaban J connectivity index is 0.858. The smallest absolute Gasteiger partial charge is 0.342 e. The van der Waals surface area contributed by atoms with Gasteiger partial charge >= 0.3 is 6.03 Å². The van der Waals surface area contributed by atoms with Crippen LogP contribution in [0.5, 0.6) is 0 Å². The first-order valence-electron chi connectivity index (χ1n) is 19.3. The molecule has 0 unspecified atom stereocenters. The summed E-state index contributed by atoms with van der Waals surface area (Å²) in [5.74, 6) is 0.306. The molecule has 0 radical (unpaired) electrons. The van der Waals surface area contributed by atoms with Crippen LogP contribution in [0.15, 0.2) is 89.8 Å². The second-order valence-electron chi connectivity index (χ2n) is 15.9. The number of aryl methyl sites for hydroxylation is 1. The molecule has 292 valence electrons. The van der Waals surface area contributed by atoms with Crippen LogP contribution in [0.2, 0.25) is 0 Å². The highest BCUT2D eigenvalue weighted by molar-refractivity contribution is 5.97. The van der Waals surface area contributed by atoms with Crippen molar-refractivity contribution in [2.24, 2.45) is 0 Å². The minimum Gasteiger partial charge on any atom is -0.345 e. The van der Waals surface area contributed by atoms with Gasteiger partial charge in [-0.1, -0.05) is 74.5 Å². The lowest BCUT2D eigenvalue weighted by molar-refractivity contribution is -0.121. The van der Waals surface area contributed by atoms with Crippen molar-refractivity contribution in [3.05, 3.63) is 119 Å². The molecule has 4 amide bonds. The second-order valence-corrected chi connectivity index (χ2v) is 15.9. The predicted molar refractivity (Wildman–Crippen MR) is 215 cm³/mol. The van der Waals surface area contributed by atoms with E-state index in [0.717, 1.165) is 77.2 Å². The van der Waals surface area contributed by atoms with Crippen LogP contribution in [-0.4, -0.2) is 72.1 Å². The largest absolute Gasteiger partial charge is 0.345 e. The van der Waals surface area contributed by atoms with E-state index in [4.69, 9.17) is 4.52 Å². The zero-order valence-corrected chi connectivity index (χ0v) is 32.6. The minimum atomic E-state index is -0.422. The topological polar surface area (TPSA) is 163 Å². The minimum absolute atomic E-state index is 0.0238. The number of carbonyl (C=O) groups excluding carboxylic acids is 3. The van der Waals surface area contributed by atoms with E-state index in [1.165, 1.54) is 16.1 Å². The van der Waals surface area contributed by atoms with E-state index in [9.17, 15) is 14.4 Å². The molecular weight excluding hydrogens is 721 g/mol. The fourth-order valence-corrected chi connectivity index (χ4v) is 7.37. The van der Waals surface area contributed by atoms with Gasteiger partial charge in [0.05, 0.1) is 23.4 Å². The number of fused-ring (bicyclic) bond motifs is 1. The normalized spacial score (nSPS) is 15.5. The second kappa shape index (κ2) is 15.6. The van der Waals surface area contributed by atoms with Crippen LogP contribution in [0.1, 0.15) is 84.7 Å². The van der Waals surface area contributed by atoms with Crippen LogP contribution in [0.3, 0.4) is 0 Å². The number of piperidine rings is 1. The Kier molecular flexibility index (Phi) is 10.3. The third-order valence-corrected chi connectivity index (χ3v) is 10.7. The van der Waals surface area contributed by atoms with Gasteiger partial charge in [-0.3, -0.25) is 25.2 Å². The van der Waals surface area contributed by atoms with Crippen LogP contribution in [0.25, 0.3) is 27.9 Å². The van der Waals surface area contributed by atoms with E-state index in [1.807, 2.05) is 62.7 Å². The molecule has 0 saturated carbocycles. The van der Waals surface area contributed by atoms with Gasteiger partial charge < -0.3 is 9.84 Å². The molecule has 5 heterocycles. The molecule has 14 nitrogen and oxygen atoms in total. The number of benzene rings is 3. The average Bonchev–Trinajstić information content (AvgIpc) is 3.89. The van der Waals surface area contributed by atoms with Gasteiger partial charge in [0, 0.05) is 42.2 Å². The third kappa shape index (κ3) is 8.41. The summed E-state index contributed by atoms with van der Waals surface area (Å²) in [6.45, 7) is 11.5. The predicted octanol–water partition coefficient (Wildman–Crippen LogP) is 6.63. The first kappa shape index (κ1) is 37.5. The molecule has 2 fully saturated rings. The van der Waals surface area contributed by atoms with Gasteiger partial charge in [0.2, 0.25) is 11.8 Å². The maximum Gasteiger partial charge on any atom is 0.342 e. The van der Waals surface area contributed by atoms with Gasteiger partial charge in [0.1, 0.15) is 6.33 Å². The van der Waals surface area contributed by atoms with Crippen molar-refractivity contribution in [1.82, 2.24) is 45.3 Å². The first-order chi connectivity index (χ1) is 27.5. The Hall–Kier alpha value is -6.41. The summed E-state index contributed by atoms with van der Waals surface area (Å²) in [6.07, 6.45) is 6.07. The number of hydrogen-bond acceptors (Lipinski definition) is 10. The number of nitrogens with zero attached hydrogens (tertiary/aromatic N) is 7. The van der Waals surface area contributed by atoms with Crippen molar-refractivity contribution in [1.29, 1.82) is 0 Å². The summed E-state index contributed by atoms with van der Waals surface area (Å²) in [5, 5.41) is 15.0. The van der Waals surface area contributed by atoms with Crippen molar-refractivity contribution in [3.63, 3.8) is 0 Å². The number of likely N-dealkylation sites (tertiary alicyclic amines) is 1. The molecule has 2 aliphatic heterocycles. The number of hydrogen-bond donors (Lipinski definition) is 3. The molecule has 14 heteroatoms. The summed E-state index contributed by atoms with van der Waals surface area (Å²) >= 11 is 0. The number of amides is 4. The van der Waals surface area contributed by atoms with Crippen molar-refractivity contribution in [2.75, 3.05) is 25.1 Å². The highest BCUT2D eigenvalue weighted by atomic mass is 16.5. The molecule has 3 aromatic carbocycles. The number of nitrogens with one attached hydrogen (secondary N) is 3. The molecule has 2 aliphatic rings. The van der Waals surface area contributed by atoms with Crippen molar-refractivity contribution in [2.45, 2.75) is 71.4 Å². The number of carbonyl (C=O) groups is 3. The van der Waals surface area contributed by atoms with Gasteiger partial charge in [-0.15, -0.1) is 0 Å². The molecule has 0 aliphatic carbocycles. The highest BCUT2D eigenvalue weighted by Gasteiger charge is 2.26. The van der Waals surface area contributed by atoms with E-state index >= 15 is 0 Å². The van der Waals surface area contributed by atoms with E-state index in [0.29, 0.717) is 24.9 Å². The maximum absolute atomic E-state index is 12.7. The number of rotatable bonds is 10. The van der Waals surface area contributed by atoms with Crippen molar-refractivity contribution in [3.8, 4) is 22.4 Å². The Labute approximate surface area is 330 Å². The fourth-order valence-electron chi connectivity index (χ4n) is 7.37. The fraction of sp³-hybridized carbons (Fsp3) is 0.326. The van der Waals surface area contributed by atoms with Crippen LogP contribution >= 0.6 is 0 Å². The lowest BCUT2D eigenvalue weighted by atomic mass is 9.89. The Morgan fingerprint density at radius 2 is 1.68 bits per heavy atom. The Morgan fingerprint density at radius 1 is 0.930 bits per heavy atom. The zero-order valence-electron chi connectivity index (χ0n) is 32.6. The molecule has 0 spiro atoms. The van der Waals surface area contributed by atoms with E-state index in [-0.39, 0.29) is 29.5 Å². The van der Waals surface area contributed by atoms with Gasteiger partial charge in [-0.25, -0.2) is 19.3 Å². The number of imide groups is 1. The molecule has 3 aromatic heterocycles. The number of urea groups is 1. The summed E-state index contributed by atoms with van der Waals surface area (Å²) in [6, 6.07) is 24.9. The van der Waals surface area contributed by atoms with Gasteiger partial charge in [0.25, 0.3) is 11.7 Å². The highest BCUT2D eigenvalue weighted by Crippen LogP contribution is 2.32. The van der Waals surface area contributed by atoms with Crippen LogP contribution in [0.4, 0.5) is 10.5 Å². The quantitative estimate of drug-likeness (QED) is 0.138. The lowest BCUT2D eigenvalue weighted by Gasteiger charge is -2.32. The van der Waals surface area contributed by atoms with Crippen LogP contribution in [0, 0.1) is 6.92 Å². The number of anilines is 1. The monoisotopic (exact) mass is 766 g/mol. The van der Waals surface area contributed by atoms with E-state index in [1.54, 1.807) is 6.33 Å². The molecule has 3 N–H and O–H groups in total.